The summed E-state index contributed by atoms with van der Waals surface area (Å²) in [6.07, 6.45) is 0. The number of rotatable bonds is 4. The molecular formula is C23H17Cl2FN2O. The number of hydrogen-bond donors (Lipinski definition) is 2. The zero-order valence-corrected chi connectivity index (χ0v) is 17.0. The minimum Gasteiger partial charge on any atom is -0.505 e. The zero-order chi connectivity index (χ0) is 20.5. The largest absolute Gasteiger partial charge is 0.505 e. The van der Waals surface area contributed by atoms with Gasteiger partial charge >= 0.3 is 0 Å². The molecule has 0 aliphatic carbocycles. The van der Waals surface area contributed by atoms with E-state index in [0.29, 0.717) is 26.8 Å². The summed E-state index contributed by atoms with van der Waals surface area (Å²) >= 11 is 12.3. The molecule has 1 atom stereocenters. The van der Waals surface area contributed by atoms with Gasteiger partial charge in [0.25, 0.3) is 0 Å². The monoisotopic (exact) mass is 426 g/mol. The molecule has 0 aliphatic heterocycles. The predicted molar refractivity (Wildman–Crippen MR) is 116 cm³/mol. The predicted octanol–water partition coefficient (Wildman–Crippen LogP) is 6.90. The first-order valence-corrected chi connectivity index (χ1v) is 9.73. The highest BCUT2D eigenvalue weighted by atomic mass is 35.5. The van der Waals surface area contributed by atoms with E-state index in [0.717, 1.165) is 16.6 Å². The maximum absolute atomic E-state index is 13.5. The van der Waals surface area contributed by atoms with Gasteiger partial charge in [0.1, 0.15) is 17.1 Å². The Morgan fingerprint density at radius 3 is 2.28 bits per heavy atom. The van der Waals surface area contributed by atoms with Gasteiger partial charge in [0, 0.05) is 32.4 Å². The molecule has 3 nitrogen and oxygen atoms in total. The summed E-state index contributed by atoms with van der Waals surface area (Å²) in [7, 11) is 0. The molecule has 0 radical (unpaired) electrons. The van der Waals surface area contributed by atoms with Crippen molar-refractivity contribution in [1.29, 1.82) is 0 Å². The fourth-order valence-corrected chi connectivity index (χ4v) is 3.85. The van der Waals surface area contributed by atoms with Crippen LogP contribution in [-0.2, 0) is 0 Å². The molecule has 4 rings (SSSR count). The van der Waals surface area contributed by atoms with E-state index in [2.05, 4.69) is 10.3 Å². The maximum Gasteiger partial charge on any atom is 0.147 e. The quantitative estimate of drug-likeness (QED) is 0.373. The molecule has 0 saturated carbocycles. The third-order valence-electron chi connectivity index (χ3n) is 4.69. The highest BCUT2D eigenvalue weighted by Gasteiger charge is 2.20. The first-order valence-electron chi connectivity index (χ1n) is 8.98. The van der Waals surface area contributed by atoms with Crippen LogP contribution in [0.2, 0.25) is 10.0 Å². The molecule has 0 aliphatic rings. The summed E-state index contributed by atoms with van der Waals surface area (Å²) in [5, 5.41) is 16.2. The second-order valence-corrected chi connectivity index (χ2v) is 7.69. The van der Waals surface area contributed by atoms with Crippen molar-refractivity contribution in [3.8, 4) is 5.75 Å². The Kier molecular flexibility index (Phi) is 5.31. The van der Waals surface area contributed by atoms with Gasteiger partial charge in [-0.2, -0.15) is 0 Å². The van der Waals surface area contributed by atoms with Crippen LogP contribution in [0.25, 0.3) is 10.9 Å². The number of nitrogens with one attached hydrogen (secondary N) is 1. The van der Waals surface area contributed by atoms with E-state index in [-0.39, 0.29) is 11.6 Å². The number of pyridine rings is 1. The summed E-state index contributed by atoms with van der Waals surface area (Å²) < 4.78 is 13.5. The van der Waals surface area contributed by atoms with Crippen LogP contribution in [-0.4, -0.2) is 10.1 Å². The first-order chi connectivity index (χ1) is 13.9. The molecule has 0 spiro atoms. The Morgan fingerprint density at radius 2 is 1.59 bits per heavy atom. The van der Waals surface area contributed by atoms with Crippen molar-refractivity contribution in [2.45, 2.75) is 13.0 Å². The lowest BCUT2D eigenvalue weighted by atomic mass is 9.95. The fourth-order valence-electron chi connectivity index (χ4n) is 3.32. The molecule has 0 fully saturated rings. The highest BCUT2D eigenvalue weighted by Crippen LogP contribution is 2.37. The minimum absolute atomic E-state index is 0.0705. The lowest BCUT2D eigenvalue weighted by Gasteiger charge is -2.23. The van der Waals surface area contributed by atoms with Crippen molar-refractivity contribution >= 4 is 39.8 Å². The third kappa shape index (κ3) is 4.14. The lowest BCUT2D eigenvalue weighted by Crippen LogP contribution is -2.13. The van der Waals surface area contributed by atoms with Crippen LogP contribution < -0.4 is 5.32 Å². The van der Waals surface area contributed by atoms with Crippen molar-refractivity contribution in [2.24, 2.45) is 0 Å². The van der Waals surface area contributed by atoms with E-state index >= 15 is 0 Å². The summed E-state index contributed by atoms with van der Waals surface area (Å²) in [5.74, 6) is -0.264. The second kappa shape index (κ2) is 7.90. The van der Waals surface area contributed by atoms with Crippen LogP contribution >= 0.6 is 23.2 Å². The number of phenolic OH excluding ortho intramolecular Hbond substituents is 1. The number of halogens is 3. The van der Waals surface area contributed by atoms with E-state index in [9.17, 15) is 9.50 Å². The molecule has 6 heteroatoms. The molecule has 2 N–H and O–H groups in total. The van der Waals surface area contributed by atoms with E-state index in [1.54, 1.807) is 30.3 Å². The van der Waals surface area contributed by atoms with Gasteiger partial charge < -0.3 is 10.4 Å². The Labute approximate surface area is 177 Å². The van der Waals surface area contributed by atoms with E-state index < -0.39 is 6.04 Å². The molecule has 1 heterocycles. The normalized spacial score (nSPS) is 12.1. The molecular weight excluding hydrogens is 410 g/mol. The Hall–Kier alpha value is -2.82. The molecule has 29 heavy (non-hydrogen) atoms. The average Bonchev–Trinajstić information content (AvgIpc) is 2.67. The standard InChI is InChI=1S/C23H17Cl2FN2O/c1-13-2-3-15-6-9-20(23(29)22(15)27-13)21(14-4-7-18(26)8-5-14)28-19-11-16(24)10-17(25)12-19/h2-12,21,28-29H,1H3. The number of anilines is 1. The lowest BCUT2D eigenvalue weighted by molar-refractivity contribution is 0.471. The first kappa shape index (κ1) is 19.5. The number of benzene rings is 3. The van der Waals surface area contributed by atoms with Gasteiger partial charge in [-0.3, -0.25) is 0 Å². The van der Waals surface area contributed by atoms with Gasteiger partial charge in [0.2, 0.25) is 0 Å². The zero-order valence-electron chi connectivity index (χ0n) is 15.5. The number of aryl methyl sites for hydroxylation is 1. The number of phenols is 1. The van der Waals surface area contributed by atoms with Gasteiger partial charge in [-0.1, -0.05) is 53.5 Å². The second-order valence-electron chi connectivity index (χ2n) is 6.81. The molecule has 4 aromatic rings. The van der Waals surface area contributed by atoms with Crippen molar-refractivity contribution in [2.75, 3.05) is 5.32 Å². The molecule has 1 aromatic heterocycles. The van der Waals surface area contributed by atoms with Crippen molar-refractivity contribution in [1.82, 2.24) is 4.98 Å². The summed E-state index contributed by atoms with van der Waals surface area (Å²) in [6.45, 7) is 1.87. The molecule has 146 valence electrons. The fraction of sp³-hybridized carbons (Fsp3) is 0.0870. The van der Waals surface area contributed by atoms with Gasteiger partial charge in [0.15, 0.2) is 0 Å². The SMILES string of the molecule is Cc1ccc2ccc(C(Nc3cc(Cl)cc(Cl)c3)c3ccc(F)cc3)c(O)c2n1. The van der Waals surface area contributed by atoms with Crippen LogP contribution in [0.15, 0.2) is 66.7 Å². The molecule has 0 bridgehead atoms. The van der Waals surface area contributed by atoms with Gasteiger partial charge in [-0.05, 0) is 48.9 Å². The number of nitrogens with zero attached hydrogens (tertiary/aromatic N) is 1. The maximum atomic E-state index is 13.5. The van der Waals surface area contributed by atoms with Crippen LogP contribution in [0.3, 0.4) is 0 Å². The van der Waals surface area contributed by atoms with E-state index in [4.69, 9.17) is 23.2 Å². The van der Waals surface area contributed by atoms with Crippen molar-refractivity contribution < 1.29 is 9.50 Å². The van der Waals surface area contributed by atoms with E-state index in [1.807, 2.05) is 31.2 Å². The Bertz CT molecular complexity index is 1180. The van der Waals surface area contributed by atoms with Crippen molar-refractivity contribution in [3.63, 3.8) is 0 Å². The minimum atomic E-state index is -0.475. The molecule has 1 unspecified atom stereocenters. The highest BCUT2D eigenvalue weighted by molar-refractivity contribution is 6.35. The smallest absolute Gasteiger partial charge is 0.147 e. The van der Waals surface area contributed by atoms with E-state index in [1.165, 1.54) is 12.1 Å². The van der Waals surface area contributed by atoms with Gasteiger partial charge in [-0.25, -0.2) is 9.37 Å². The third-order valence-corrected chi connectivity index (χ3v) is 5.13. The summed E-state index contributed by atoms with van der Waals surface area (Å²) in [5.41, 5.74) is 3.37. The number of fused-ring (bicyclic) bond motifs is 1. The topological polar surface area (TPSA) is 45.1 Å². The van der Waals surface area contributed by atoms with Crippen LogP contribution in [0.5, 0.6) is 5.75 Å². The van der Waals surface area contributed by atoms with Crippen LogP contribution in [0.4, 0.5) is 10.1 Å². The summed E-state index contributed by atoms with van der Waals surface area (Å²) in [4.78, 5) is 4.48. The van der Waals surface area contributed by atoms with Crippen molar-refractivity contribution in [3.05, 3.63) is 99.4 Å². The molecule has 0 saturated heterocycles. The van der Waals surface area contributed by atoms with Crippen LogP contribution in [0, 0.1) is 12.7 Å². The number of aromatic nitrogens is 1. The Balaban J connectivity index is 1.87. The number of aromatic hydroxyl groups is 1. The van der Waals surface area contributed by atoms with Gasteiger partial charge in [-0.15, -0.1) is 0 Å². The average molecular weight is 427 g/mol. The van der Waals surface area contributed by atoms with Crippen LogP contribution in [0.1, 0.15) is 22.9 Å². The Morgan fingerprint density at radius 1 is 0.931 bits per heavy atom. The summed E-state index contributed by atoms with van der Waals surface area (Å²) in [6, 6.07) is 18.3. The number of hydrogen-bond acceptors (Lipinski definition) is 3. The molecule has 0 amide bonds. The van der Waals surface area contributed by atoms with Gasteiger partial charge in [0.05, 0.1) is 6.04 Å². The molecule has 3 aromatic carbocycles.